The Morgan fingerprint density at radius 3 is 2.56 bits per heavy atom. The Morgan fingerprint density at radius 1 is 1.11 bits per heavy atom. The zero-order valence-electron chi connectivity index (χ0n) is 15.6. The summed E-state index contributed by atoms with van der Waals surface area (Å²) in [7, 11) is 0. The van der Waals surface area contributed by atoms with Gasteiger partial charge in [0.15, 0.2) is 6.54 Å². The molecule has 1 amide bonds. The standard InChI is InChI=1S/C22H23N3OS/c1-15(2)24-12-19(25(23-3)13-21(24)26)22-17-9-5-4-8-16(17)14-27-20-11-7-6-10-18(20)22/h4-11,15,19,22H,12-14H2,1-2H3. The monoisotopic (exact) mass is 377 g/mol. The SMILES string of the molecule is [C-]#[N+]N1CC(=O)N(C(C)C)CC1C1c2ccccc2CSc2ccccc21. The largest absolute Gasteiger partial charge is 0.336 e. The Labute approximate surface area is 165 Å². The molecule has 2 aromatic carbocycles. The van der Waals surface area contributed by atoms with Gasteiger partial charge in [-0.2, -0.15) is 11.5 Å². The molecular weight excluding hydrogens is 354 g/mol. The van der Waals surface area contributed by atoms with Gasteiger partial charge in [0.25, 0.3) is 0 Å². The van der Waals surface area contributed by atoms with E-state index in [9.17, 15) is 4.79 Å². The number of rotatable bonds is 2. The second-order valence-electron chi connectivity index (χ2n) is 7.41. The number of piperazine rings is 1. The summed E-state index contributed by atoms with van der Waals surface area (Å²) in [6, 6.07) is 17.2. The predicted octanol–water partition coefficient (Wildman–Crippen LogP) is 4.18. The average Bonchev–Trinajstić information content (AvgIpc) is 2.84. The molecule has 0 radical (unpaired) electrons. The molecule has 2 aliphatic heterocycles. The molecule has 2 unspecified atom stereocenters. The summed E-state index contributed by atoms with van der Waals surface area (Å²) in [6.45, 7) is 12.6. The molecule has 2 atom stereocenters. The van der Waals surface area contributed by atoms with E-state index in [2.05, 4.69) is 53.5 Å². The van der Waals surface area contributed by atoms with Crippen molar-refractivity contribution in [1.82, 2.24) is 9.91 Å². The molecule has 27 heavy (non-hydrogen) atoms. The number of carbonyl (C=O) groups excluding carboxylic acids is 1. The number of carbonyl (C=O) groups is 1. The fourth-order valence-electron chi connectivity index (χ4n) is 4.21. The van der Waals surface area contributed by atoms with Gasteiger partial charge in [-0.05, 0) is 36.6 Å². The van der Waals surface area contributed by atoms with Gasteiger partial charge in [-0.3, -0.25) is 4.79 Å². The van der Waals surface area contributed by atoms with Crippen LogP contribution in [0.3, 0.4) is 0 Å². The summed E-state index contributed by atoms with van der Waals surface area (Å²) in [5, 5.41) is 1.68. The molecule has 4 nitrogen and oxygen atoms in total. The van der Waals surface area contributed by atoms with Crippen molar-refractivity contribution in [3.63, 3.8) is 0 Å². The smallest absolute Gasteiger partial charge is 0.249 e. The first-order valence-corrected chi connectivity index (χ1v) is 10.3. The molecule has 4 rings (SSSR count). The molecule has 0 N–H and O–H groups in total. The normalized spacial score (nSPS) is 22.1. The molecule has 5 heteroatoms. The highest BCUT2D eigenvalue weighted by Crippen LogP contribution is 2.44. The molecule has 0 bridgehead atoms. The van der Waals surface area contributed by atoms with Crippen LogP contribution < -0.4 is 0 Å². The predicted molar refractivity (Wildman–Crippen MR) is 108 cm³/mol. The Hall–Kier alpha value is -2.45. The highest BCUT2D eigenvalue weighted by molar-refractivity contribution is 7.98. The number of fused-ring (bicyclic) bond motifs is 2. The van der Waals surface area contributed by atoms with Crippen molar-refractivity contribution in [2.24, 2.45) is 0 Å². The van der Waals surface area contributed by atoms with Crippen molar-refractivity contribution in [3.05, 3.63) is 76.7 Å². The molecule has 2 heterocycles. The minimum atomic E-state index is -0.0522. The molecule has 0 saturated carbocycles. The van der Waals surface area contributed by atoms with Crippen molar-refractivity contribution >= 4 is 17.7 Å². The van der Waals surface area contributed by atoms with Crippen LogP contribution in [0.5, 0.6) is 0 Å². The third-order valence-electron chi connectivity index (χ3n) is 5.55. The quantitative estimate of drug-likeness (QED) is 0.735. The topological polar surface area (TPSA) is 27.9 Å². The molecule has 0 spiro atoms. The number of amides is 1. The minimum absolute atomic E-state index is 0.0433. The Morgan fingerprint density at radius 2 is 1.81 bits per heavy atom. The third kappa shape index (κ3) is 3.19. The summed E-state index contributed by atoms with van der Waals surface area (Å²) in [5.74, 6) is 1.05. The van der Waals surface area contributed by atoms with E-state index in [1.54, 1.807) is 5.01 Å². The van der Waals surface area contributed by atoms with Crippen LogP contribution in [0.2, 0.25) is 0 Å². The van der Waals surface area contributed by atoms with Gasteiger partial charge >= 0.3 is 0 Å². The van der Waals surface area contributed by atoms with E-state index >= 15 is 0 Å². The van der Waals surface area contributed by atoms with E-state index in [1.165, 1.54) is 21.6 Å². The molecule has 138 valence electrons. The van der Waals surface area contributed by atoms with Crippen LogP contribution in [0.15, 0.2) is 53.4 Å². The van der Waals surface area contributed by atoms with Crippen molar-refractivity contribution in [2.75, 3.05) is 13.1 Å². The number of hydrogen-bond acceptors (Lipinski definition) is 3. The summed E-state index contributed by atoms with van der Waals surface area (Å²) >= 11 is 1.86. The van der Waals surface area contributed by atoms with Crippen LogP contribution in [0, 0.1) is 6.57 Å². The number of benzene rings is 2. The zero-order valence-corrected chi connectivity index (χ0v) is 16.4. The maximum atomic E-state index is 12.5. The van der Waals surface area contributed by atoms with Gasteiger partial charge < -0.3 is 4.90 Å². The van der Waals surface area contributed by atoms with Crippen LogP contribution in [0.25, 0.3) is 4.95 Å². The number of hydrogen-bond donors (Lipinski definition) is 0. The van der Waals surface area contributed by atoms with Crippen molar-refractivity contribution < 1.29 is 4.79 Å². The lowest BCUT2D eigenvalue weighted by atomic mass is 9.81. The fourth-order valence-corrected chi connectivity index (χ4v) is 5.32. The van der Waals surface area contributed by atoms with Crippen LogP contribution in [0.4, 0.5) is 0 Å². The van der Waals surface area contributed by atoms with Crippen molar-refractivity contribution in [3.8, 4) is 0 Å². The first-order valence-electron chi connectivity index (χ1n) is 9.33. The van der Waals surface area contributed by atoms with E-state index < -0.39 is 0 Å². The van der Waals surface area contributed by atoms with Gasteiger partial charge in [0.05, 0.1) is 0 Å². The summed E-state index contributed by atoms with van der Waals surface area (Å²) in [6.07, 6.45) is 0. The van der Waals surface area contributed by atoms with Crippen molar-refractivity contribution in [1.29, 1.82) is 0 Å². The summed E-state index contributed by atoms with van der Waals surface area (Å²) in [4.78, 5) is 19.5. The van der Waals surface area contributed by atoms with Gasteiger partial charge in [-0.15, -0.1) is 11.8 Å². The first-order chi connectivity index (χ1) is 13.1. The van der Waals surface area contributed by atoms with Gasteiger partial charge in [0.2, 0.25) is 5.91 Å². The highest BCUT2D eigenvalue weighted by Gasteiger charge is 2.43. The van der Waals surface area contributed by atoms with E-state index in [1.807, 2.05) is 30.5 Å². The second kappa shape index (κ2) is 7.28. The second-order valence-corrected chi connectivity index (χ2v) is 8.42. The first kappa shape index (κ1) is 17.9. The molecule has 1 saturated heterocycles. The van der Waals surface area contributed by atoms with E-state index in [-0.39, 0.29) is 30.5 Å². The summed E-state index contributed by atoms with van der Waals surface area (Å²) in [5.41, 5.74) is 3.87. The van der Waals surface area contributed by atoms with Crippen LogP contribution in [-0.4, -0.2) is 41.0 Å². The molecule has 0 aromatic heterocycles. The molecule has 0 aliphatic carbocycles. The molecular formula is C22H23N3OS. The van der Waals surface area contributed by atoms with E-state index in [0.717, 1.165) is 5.75 Å². The van der Waals surface area contributed by atoms with Crippen LogP contribution in [0.1, 0.15) is 36.5 Å². The van der Waals surface area contributed by atoms with E-state index in [4.69, 9.17) is 6.57 Å². The Balaban J connectivity index is 1.86. The Kier molecular flexibility index (Phi) is 4.84. The average molecular weight is 378 g/mol. The third-order valence-corrected chi connectivity index (χ3v) is 6.69. The van der Waals surface area contributed by atoms with Crippen molar-refractivity contribution in [2.45, 2.75) is 42.5 Å². The lowest BCUT2D eigenvalue weighted by molar-refractivity contribution is -0.139. The molecule has 1 fully saturated rings. The van der Waals surface area contributed by atoms with Gasteiger partial charge in [0.1, 0.15) is 6.04 Å². The minimum Gasteiger partial charge on any atom is -0.336 e. The van der Waals surface area contributed by atoms with E-state index in [0.29, 0.717) is 6.54 Å². The lowest BCUT2D eigenvalue weighted by Gasteiger charge is -2.40. The zero-order chi connectivity index (χ0) is 19.0. The lowest BCUT2D eigenvalue weighted by Crippen LogP contribution is -2.57. The van der Waals surface area contributed by atoms with Crippen LogP contribution >= 0.6 is 11.8 Å². The van der Waals surface area contributed by atoms with Gasteiger partial charge in [0, 0.05) is 29.2 Å². The van der Waals surface area contributed by atoms with Gasteiger partial charge in [-0.25, -0.2) is 0 Å². The summed E-state index contributed by atoms with van der Waals surface area (Å²) < 4.78 is 0. The maximum Gasteiger partial charge on any atom is 0.249 e. The number of thioether (sulfide) groups is 1. The molecule has 2 aromatic rings. The van der Waals surface area contributed by atoms with Crippen LogP contribution in [-0.2, 0) is 10.5 Å². The van der Waals surface area contributed by atoms with Gasteiger partial charge in [-0.1, -0.05) is 47.5 Å². The number of nitrogens with zero attached hydrogens (tertiary/aromatic N) is 3. The highest BCUT2D eigenvalue weighted by atomic mass is 32.2. The Bertz CT molecular complexity index is 857. The maximum absolute atomic E-state index is 12.5. The fraction of sp³-hybridized carbons (Fsp3) is 0.364. The molecule has 2 aliphatic rings.